The van der Waals surface area contributed by atoms with Crippen molar-refractivity contribution < 1.29 is 4.79 Å². The molecule has 0 aliphatic rings. The molecule has 0 saturated heterocycles. The molecule has 0 aliphatic heterocycles. The summed E-state index contributed by atoms with van der Waals surface area (Å²) in [5.74, 6) is 0.315. The summed E-state index contributed by atoms with van der Waals surface area (Å²) < 4.78 is 2.21. The molecule has 0 fully saturated rings. The van der Waals surface area contributed by atoms with E-state index < -0.39 is 0 Å². The topological polar surface area (TPSA) is 59.8 Å². The van der Waals surface area contributed by atoms with E-state index in [-0.39, 0.29) is 5.91 Å². The van der Waals surface area contributed by atoms with Gasteiger partial charge in [-0.1, -0.05) is 60.3 Å². The van der Waals surface area contributed by atoms with Crippen LogP contribution in [0.2, 0.25) is 0 Å². The first-order chi connectivity index (χ1) is 14.3. The summed E-state index contributed by atoms with van der Waals surface area (Å²) >= 11 is 1.48. The number of para-hydroxylation sites is 2. The number of pyridine rings is 1. The Morgan fingerprint density at radius 1 is 0.966 bits per heavy atom. The van der Waals surface area contributed by atoms with Gasteiger partial charge >= 0.3 is 0 Å². The highest BCUT2D eigenvalue weighted by Gasteiger charge is 2.13. The van der Waals surface area contributed by atoms with Gasteiger partial charge in [-0.15, -0.1) is 0 Å². The van der Waals surface area contributed by atoms with Gasteiger partial charge in [0.25, 0.3) is 0 Å². The van der Waals surface area contributed by atoms with Crippen LogP contribution in [0.25, 0.3) is 11.0 Å². The van der Waals surface area contributed by atoms with E-state index in [0.717, 1.165) is 34.7 Å². The number of amides is 1. The van der Waals surface area contributed by atoms with Crippen LogP contribution in [0.5, 0.6) is 0 Å². The maximum absolute atomic E-state index is 12.3. The molecule has 146 valence electrons. The fourth-order valence-electron chi connectivity index (χ4n) is 3.15. The average Bonchev–Trinajstić information content (AvgIpc) is 3.14. The van der Waals surface area contributed by atoms with E-state index in [1.165, 1.54) is 17.3 Å². The van der Waals surface area contributed by atoms with Gasteiger partial charge in [0.2, 0.25) is 5.91 Å². The molecule has 4 rings (SSSR count). The Balaban J connectivity index is 1.43. The van der Waals surface area contributed by atoms with Crippen molar-refractivity contribution in [2.75, 3.05) is 5.75 Å². The summed E-state index contributed by atoms with van der Waals surface area (Å²) in [4.78, 5) is 21.1. The number of benzene rings is 2. The lowest BCUT2D eigenvalue weighted by molar-refractivity contribution is -0.118. The van der Waals surface area contributed by atoms with Crippen LogP contribution in [-0.4, -0.2) is 26.2 Å². The molecule has 0 aliphatic carbocycles. The second-order valence-corrected chi connectivity index (χ2v) is 7.64. The molecule has 6 heteroatoms. The highest BCUT2D eigenvalue weighted by molar-refractivity contribution is 7.99. The normalized spacial score (nSPS) is 10.9. The molecular weight excluding hydrogens is 380 g/mol. The number of nitrogens with zero attached hydrogens (tertiary/aromatic N) is 3. The van der Waals surface area contributed by atoms with Crippen molar-refractivity contribution in [1.82, 2.24) is 19.9 Å². The quantitative estimate of drug-likeness (QED) is 0.451. The number of nitrogens with one attached hydrogen (secondary N) is 1. The monoisotopic (exact) mass is 402 g/mol. The molecule has 0 spiro atoms. The zero-order chi connectivity index (χ0) is 19.9. The number of aromatic nitrogens is 3. The summed E-state index contributed by atoms with van der Waals surface area (Å²) in [7, 11) is 0. The van der Waals surface area contributed by atoms with E-state index in [0.29, 0.717) is 12.3 Å². The Morgan fingerprint density at radius 3 is 2.59 bits per heavy atom. The van der Waals surface area contributed by atoms with Crippen molar-refractivity contribution in [3.8, 4) is 0 Å². The highest BCUT2D eigenvalue weighted by Crippen LogP contribution is 2.24. The SMILES string of the molecule is O=C(CSc1nc2ccccc2n1CCc1ccccc1)NCc1cccnc1. The number of carbonyl (C=O) groups excluding carboxylic acids is 1. The second kappa shape index (κ2) is 9.39. The Bertz CT molecular complexity index is 1080. The Labute approximate surface area is 174 Å². The molecular formula is C23H22N4OS. The molecule has 4 aromatic rings. The number of rotatable bonds is 8. The first-order valence-electron chi connectivity index (χ1n) is 9.57. The number of thioether (sulfide) groups is 1. The summed E-state index contributed by atoms with van der Waals surface area (Å²) in [6, 6.07) is 22.4. The molecule has 1 amide bonds. The van der Waals surface area contributed by atoms with Crippen LogP contribution >= 0.6 is 11.8 Å². The summed E-state index contributed by atoms with van der Waals surface area (Å²) in [6.07, 6.45) is 4.40. The summed E-state index contributed by atoms with van der Waals surface area (Å²) in [5, 5.41) is 3.82. The van der Waals surface area contributed by atoms with Crippen LogP contribution in [0.3, 0.4) is 0 Å². The number of hydrogen-bond donors (Lipinski definition) is 1. The van der Waals surface area contributed by atoms with Gasteiger partial charge < -0.3 is 9.88 Å². The van der Waals surface area contributed by atoms with Crippen molar-refractivity contribution in [1.29, 1.82) is 0 Å². The molecule has 0 atom stereocenters. The van der Waals surface area contributed by atoms with Gasteiger partial charge in [-0.3, -0.25) is 9.78 Å². The molecule has 0 bridgehead atoms. The first-order valence-corrected chi connectivity index (χ1v) is 10.6. The Hall–Kier alpha value is -3.12. The van der Waals surface area contributed by atoms with Gasteiger partial charge in [-0.05, 0) is 35.7 Å². The smallest absolute Gasteiger partial charge is 0.230 e. The third-order valence-electron chi connectivity index (χ3n) is 4.63. The second-order valence-electron chi connectivity index (χ2n) is 6.70. The molecule has 0 unspecified atom stereocenters. The maximum atomic E-state index is 12.3. The lowest BCUT2D eigenvalue weighted by atomic mass is 10.1. The zero-order valence-electron chi connectivity index (χ0n) is 16.0. The van der Waals surface area contributed by atoms with Gasteiger partial charge in [-0.25, -0.2) is 4.98 Å². The Kier molecular flexibility index (Phi) is 6.22. The minimum absolute atomic E-state index is 0.0134. The molecule has 2 aromatic carbocycles. The fourth-order valence-corrected chi connectivity index (χ4v) is 4.02. The molecule has 2 aromatic heterocycles. The van der Waals surface area contributed by atoms with Crippen LogP contribution in [0, 0.1) is 0 Å². The zero-order valence-corrected chi connectivity index (χ0v) is 16.8. The van der Waals surface area contributed by atoms with Crippen molar-refractivity contribution in [2.45, 2.75) is 24.7 Å². The molecule has 5 nitrogen and oxygen atoms in total. The molecule has 0 saturated carbocycles. The predicted molar refractivity (Wildman–Crippen MR) is 117 cm³/mol. The van der Waals surface area contributed by atoms with E-state index >= 15 is 0 Å². The van der Waals surface area contributed by atoms with Crippen LogP contribution in [0.4, 0.5) is 0 Å². The minimum atomic E-state index is -0.0134. The Morgan fingerprint density at radius 2 is 1.76 bits per heavy atom. The number of carbonyl (C=O) groups is 1. The average molecular weight is 403 g/mol. The fraction of sp³-hybridized carbons (Fsp3) is 0.174. The number of imidazole rings is 1. The third-order valence-corrected chi connectivity index (χ3v) is 5.61. The van der Waals surface area contributed by atoms with E-state index in [2.05, 4.69) is 45.2 Å². The van der Waals surface area contributed by atoms with Gasteiger partial charge in [0.15, 0.2) is 5.16 Å². The first kappa shape index (κ1) is 19.2. The highest BCUT2D eigenvalue weighted by atomic mass is 32.2. The predicted octanol–water partition coefficient (Wildman–Crippen LogP) is 4.08. The van der Waals surface area contributed by atoms with Gasteiger partial charge in [0.05, 0.1) is 16.8 Å². The van der Waals surface area contributed by atoms with Crippen molar-refractivity contribution in [3.63, 3.8) is 0 Å². The molecule has 0 radical (unpaired) electrons. The van der Waals surface area contributed by atoms with Gasteiger partial charge in [-0.2, -0.15) is 0 Å². The van der Waals surface area contributed by atoms with E-state index in [1.807, 2.05) is 36.4 Å². The number of hydrogen-bond acceptors (Lipinski definition) is 4. The largest absolute Gasteiger partial charge is 0.351 e. The molecule has 2 heterocycles. The van der Waals surface area contributed by atoms with E-state index in [9.17, 15) is 4.79 Å². The van der Waals surface area contributed by atoms with Crippen LogP contribution < -0.4 is 5.32 Å². The standard InChI is InChI=1S/C23H22N4OS/c28-22(25-16-19-9-6-13-24-15-19)17-29-23-26-20-10-4-5-11-21(20)27(23)14-12-18-7-2-1-3-8-18/h1-11,13,15H,12,14,16-17H2,(H,25,28). The lowest BCUT2D eigenvalue weighted by Crippen LogP contribution is -2.24. The van der Waals surface area contributed by atoms with E-state index in [1.54, 1.807) is 12.4 Å². The van der Waals surface area contributed by atoms with Crippen molar-refractivity contribution in [2.24, 2.45) is 0 Å². The van der Waals surface area contributed by atoms with Crippen molar-refractivity contribution >= 4 is 28.7 Å². The third kappa shape index (κ3) is 5.03. The minimum Gasteiger partial charge on any atom is -0.351 e. The van der Waals surface area contributed by atoms with Gasteiger partial charge in [0, 0.05) is 25.5 Å². The van der Waals surface area contributed by atoms with Crippen LogP contribution in [0.1, 0.15) is 11.1 Å². The maximum Gasteiger partial charge on any atom is 0.230 e. The summed E-state index contributed by atoms with van der Waals surface area (Å²) in [6.45, 7) is 1.31. The molecule has 29 heavy (non-hydrogen) atoms. The van der Waals surface area contributed by atoms with Crippen LogP contribution in [0.15, 0.2) is 84.3 Å². The number of aryl methyl sites for hydroxylation is 2. The van der Waals surface area contributed by atoms with Gasteiger partial charge in [0.1, 0.15) is 0 Å². The van der Waals surface area contributed by atoms with Crippen LogP contribution in [-0.2, 0) is 24.3 Å². The number of fused-ring (bicyclic) bond motifs is 1. The lowest BCUT2D eigenvalue weighted by Gasteiger charge is -2.09. The van der Waals surface area contributed by atoms with Crippen molar-refractivity contribution in [3.05, 3.63) is 90.3 Å². The molecule has 1 N–H and O–H groups in total. The summed E-state index contributed by atoms with van der Waals surface area (Å²) in [5.41, 5.74) is 4.33. The van der Waals surface area contributed by atoms with E-state index in [4.69, 9.17) is 4.98 Å².